The van der Waals surface area contributed by atoms with E-state index >= 15 is 0 Å². The Morgan fingerprint density at radius 3 is 2.62 bits per heavy atom. The maximum atomic E-state index is 6.36. The van der Waals surface area contributed by atoms with Crippen LogP contribution in [0.4, 0.5) is 0 Å². The van der Waals surface area contributed by atoms with Gasteiger partial charge in [-0.25, -0.2) is 0 Å². The third-order valence-electron chi connectivity index (χ3n) is 2.63. The average Bonchev–Trinajstić information content (AvgIpc) is 2.02. The van der Waals surface area contributed by atoms with Crippen LogP contribution in [-0.4, -0.2) is 22.5 Å². The number of halogens is 3. The van der Waals surface area contributed by atoms with Gasteiger partial charge in [-0.2, -0.15) is 0 Å². The molecule has 1 rings (SSSR count). The number of hydrogen-bond acceptors (Lipinski definition) is 1. The fourth-order valence-corrected chi connectivity index (χ4v) is 3.40. The van der Waals surface area contributed by atoms with Gasteiger partial charge >= 0.3 is 0 Å². The van der Waals surface area contributed by atoms with Gasteiger partial charge < -0.3 is 0 Å². The van der Waals surface area contributed by atoms with Gasteiger partial charge in [-0.3, -0.25) is 4.99 Å². The molecule has 76 valence electrons. The fraction of sp³-hybridized carbons (Fsp3) is 0.889. The van der Waals surface area contributed by atoms with Crippen LogP contribution < -0.4 is 0 Å². The second-order valence-corrected chi connectivity index (χ2v) is 5.52. The summed E-state index contributed by atoms with van der Waals surface area (Å²) in [6, 6.07) is 0. The highest BCUT2D eigenvalue weighted by Gasteiger charge is 2.42. The van der Waals surface area contributed by atoms with Crippen LogP contribution in [0.5, 0.6) is 0 Å². The smallest absolute Gasteiger partial charge is 0.106 e. The predicted octanol–water partition coefficient (Wildman–Crippen LogP) is 3.66. The molecule has 0 heterocycles. The Kier molecular flexibility index (Phi) is 3.91. The first-order chi connectivity index (χ1) is 5.99. The van der Waals surface area contributed by atoms with Crippen LogP contribution in [0.2, 0.25) is 0 Å². The first-order valence-electron chi connectivity index (χ1n) is 4.44. The molecule has 0 spiro atoms. The number of hydrogen-bond donors (Lipinski definition) is 0. The first-order valence-corrected chi connectivity index (χ1v) is 5.63. The lowest BCUT2D eigenvalue weighted by molar-refractivity contribution is 0.362. The maximum Gasteiger partial charge on any atom is 0.106 e. The molecule has 1 saturated carbocycles. The molecule has 0 bridgehead atoms. The number of rotatable bonds is 1. The standard InChI is InChI=1S/C9H14Cl3N/c1-9(12)5-3-4-6(10)7(9)8(11)13-2/h6-7H,3-5H2,1-2H3/t6-,7?,9?/m0/s1. The van der Waals surface area contributed by atoms with Crippen LogP contribution in [0.25, 0.3) is 0 Å². The zero-order chi connectivity index (χ0) is 10.1. The molecule has 2 unspecified atom stereocenters. The molecule has 4 heteroatoms. The second kappa shape index (κ2) is 4.37. The lowest BCUT2D eigenvalue weighted by Gasteiger charge is -2.38. The van der Waals surface area contributed by atoms with E-state index in [0.717, 1.165) is 19.3 Å². The Bertz CT molecular complexity index is 213. The van der Waals surface area contributed by atoms with Gasteiger partial charge in [-0.1, -0.05) is 18.0 Å². The van der Waals surface area contributed by atoms with Crippen molar-refractivity contribution in [2.45, 2.75) is 36.4 Å². The normalized spacial score (nSPS) is 42.1. The summed E-state index contributed by atoms with van der Waals surface area (Å²) in [4.78, 5) is 3.64. The zero-order valence-electron chi connectivity index (χ0n) is 7.86. The van der Waals surface area contributed by atoms with E-state index in [-0.39, 0.29) is 16.2 Å². The Labute approximate surface area is 94.5 Å². The molecule has 0 amide bonds. The number of nitrogens with zero attached hydrogens (tertiary/aromatic N) is 1. The molecule has 1 fully saturated rings. The van der Waals surface area contributed by atoms with E-state index in [1.54, 1.807) is 7.05 Å². The van der Waals surface area contributed by atoms with Crippen molar-refractivity contribution >= 4 is 40.0 Å². The molecule has 1 nitrogen and oxygen atoms in total. The highest BCUT2D eigenvalue weighted by atomic mass is 35.5. The van der Waals surface area contributed by atoms with Gasteiger partial charge in [-0.05, 0) is 19.8 Å². The molecule has 0 aliphatic heterocycles. The minimum atomic E-state index is -0.332. The summed E-state index contributed by atoms with van der Waals surface area (Å²) in [6.07, 6.45) is 2.99. The lowest BCUT2D eigenvalue weighted by atomic mass is 9.80. The molecule has 0 saturated heterocycles. The summed E-state index contributed by atoms with van der Waals surface area (Å²) >= 11 is 18.6. The SMILES string of the molecule is CN=C(Cl)C1[C@@H](Cl)CCCC1(C)Cl. The van der Waals surface area contributed by atoms with Crippen molar-refractivity contribution in [1.82, 2.24) is 0 Å². The largest absolute Gasteiger partial charge is 0.280 e. The van der Waals surface area contributed by atoms with Crippen molar-refractivity contribution in [3.63, 3.8) is 0 Å². The van der Waals surface area contributed by atoms with Gasteiger partial charge in [0.05, 0.1) is 4.87 Å². The van der Waals surface area contributed by atoms with E-state index in [1.165, 1.54) is 0 Å². The summed E-state index contributed by atoms with van der Waals surface area (Å²) in [5.41, 5.74) is 0. The van der Waals surface area contributed by atoms with Gasteiger partial charge in [0.2, 0.25) is 0 Å². The van der Waals surface area contributed by atoms with Gasteiger partial charge in [0.25, 0.3) is 0 Å². The molecule has 3 atom stereocenters. The molecule has 0 radical (unpaired) electrons. The molecule has 13 heavy (non-hydrogen) atoms. The summed E-state index contributed by atoms with van der Waals surface area (Å²) in [6.45, 7) is 1.99. The third-order valence-corrected chi connectivity index (χ3v) is 3.92. The minimum absolute atomic E-state index is 0.00347. The molecule has 1 aliphatic rings. The van der Waals surface area contributed by atoms with Crippen LogP contribution in [-0.2, 0) is 0 Å². The summed E-state index contributed by atoms with van der Waals surface area (Å²) in [7, 11) is 1.67. The third kappa shape index (κ3) is 2.51. The molecule has 0 aromatic heterocycles. The van der Waals surface area contributed by atoms with E-state index < -0.39 is 0 Å². The van der Waals surface area contributed by atoms with E-state index in [9.17, 15) is 0 Å². The number of alkyl halides is 2. The Balaban J connectivity index is 2.87. The zero-order valence-corrected chi connectivity index (χ0v) is 10.1. The van der Waals surface area contributed by atoms with Crippen molar-refractivity contribution in [1.29, 1.82) is 0 Å². The predicted molar refractivity (Wildman–Crippen MR) is 60.5 cm³/mol. The van der Waals surface area contributed by atoms with Crippen LogP contribution >= 0.6 is 34.8 Å². The molecular weight excluding hydrogens is 228 g/mol. The van der Waals surface area contributed by atoms with Gasteiger partial charge in [-0.15, -0.1) is 23.2 Å². The molecule has 1 aliphatic carbocycles. The Morgan fingerprint density at radius 1 is 1.54 bits per heavy atom. The Hall–Kier alpha value is 0.540. The quantitative estimate of drug-likeness (QED) is 0.492. The average molecular weight is 243 g/mol. The fourth-order valence-electron chi connectivity index (χ4n) is 1.88. The molecule has 0 aromatic rings. The number of aliphatic imine (C=N–C) groups is 1. The van der Waals surface area contributed by atoms with Crippen molar-refractivity contribution in [2.24, 2.45) is 10.9 Å². The minimum Gasteiger partial charge on any atom is -0.280 e. The molecule has 0 aromatic carbocycles. The highest BCUT2D eigenvalue weighted by Crippen LogP contribution is 2.42. The van der Waals surface area contributed by atoms with Crippen LogP contribution in [0.1, 0.15) is 26.2 Å². The Morgan fingerprint density at radius 2 is 2.15 bits per heavy atom. The van der Waals surface area contributed by atoms with Crippen molar-refractivity contribution in [2.75, 3.05) is 7.05 Å². The highest BCUT2D eigenvalue weighted by molar-refractivity contribution is 6.67. The van der Waals surface area contributed by atoms with Crippen molar-refractivity contribution < 1.29 is 0 Å². The van der Waals surface area contributed by atoms with E-state index in [0.29, 0.717) is 5.17 Å². The van der Waals surface area contributed by atoms with E-state index in [2.05, 4.69) is 4.99 Å². The van der Waals surface area contributed by atoms with Crippen LogP contribution in [0, 0.1) is 5.92 Å². The topological polar surface area (TPSA) is 12.4 Å². The monoisotopic (exact) mass is 241 g/mol. The van der Waals surface area contributed by atoms with Crippen molar-refractivity contribution in [3.8, 4) is 0 Å². The molecule has 0 N–H and O–H groups in total. The van der Waals surface area contributed by atoms with Crippen LogP contribution in [0.3, 0.4) is 0 Å². The lowest BCUT2D eigenvalue weighted by Crippen LogP contribution is -2.42. The first kappa shape index (κ1) is 11.6. The summed E-state index contributed by atoms with van der Waals surface area (Å²) < 4.78 is 0. The second-order valence-electron chi connectivity index (χ2n) is 3.71. The van der Waals surface area contributed by atoms with E-state index in [1.807, 2.05) is 6.92 Å². The van der Waals surface area contributed by atoms with Crippen molar-refractivity contribution in [3.05, 3.63) is 0 Å². The van der Waals surface area contributed by atoms with Gasteiger partial charge in [0.15, 0.2) is 0 Å². The van der Waals surface area contributed by atoms with Gasteiger partial charge in [0, 0.05) is 18.3 Å². The van der Waals surface area contributed by atoms with Crippen LogP contribution in [0.15, 0.2) is 4.99 Å². The summed E-state index contributed by atoms with van der Waals surface area (Å²) in [5, 5.41) is 0.574. The summed E-state index contributed by atoms with van der Waals surface area (Å²) in [5.74, 6) is -0.00347. The maximum absolute atomic E-state index is 6.36. The van der Waals surface area contributed by atoms with Gasteiger partial charge in [0.1, 0.15) is 5.17 Å². The van der Waals surface area contributed by atoms with E-state index in [4.69, 9.17) is 34.8 Å². The molecular formula is C9H14Cl3N.